The molecule has 1 aliphatic carbocycles. The van der Waals surface area contributed by atoms with Crippen LogP contribution in [0.4, 0.5) is 0 Å². The molecule has 1 unspecified atom stereocenters. The highest BCUT2D eigenvalue weighted by atomic mass is 32.1. The van der Waals surface area contributed by atoms with Crippen LogP contribution >= 0.6 is 12.2 Å². The van der Waals surface area contributed by atoms with Gasteiger partial charge < -0.3 is 15.4 Å². The van der Waals surface area contributed by atoms with Gasteiger partial charge in [0.2, 0.25) is 0 Å². The summed E-state index contributed by atoms with van der Waals surface area (Å²) >= 11 is 5.35. The van der Waals surface area contributed by atoms with E-state index < -0.39 is 0 Å². The van der Waals surface area contributed by atoms with Crippen molar-refractivity contribution in [2.75, 3.05) is 20.3 Å². The molecule has 1 fully saturated rings. The Balaban J connectivity index is 2.22. The van der Waals surface area contributed by atoms with Crippen molar-refractivity contribution in [2.45, 2.75) is 57.9 Å². The fourth-order valence-electron chi connectivity index (χ4n) is 2.73. The number of nitrogens with one attached hydrogen (secondary N) is 2. The second-order valence-electron chi connectivity index (χ2n) is 5.16. The summed E-state index contributed by atoms with van der Waals surface area (Å²) < 4.78 is 5.02. The third kappa shape index (κ3) is 6.01. The molecule has 106 valence electrons. The minimum absolute atomic E-state index is 0.549. The molecule has 0 aliphatic heterocycles. The van der Waals surface area contributed by atoms with E-state index in [1.807, 2.05) is 0 Å². The van der Waals surface area contributed by atoms with Crippen LogP contribution in [0.5, 0.6) is 0 Å². The molecule has 0 heterocycles. The number of rotatable bonds is 7. The van der Waals surface area contributed by atoms with E-state index >= 15 is 0 Å². The molecule has 0 aromatic carbocycles. The van der Waals surface area contributed by atoms with Crippen molar-refractivity contribution < 1.29 is 4.74 Å². The van der Waals surface area contributed by atoms with Crippen LogP contribution in [0, 0.1) is 5.92 Å². The summed E-state index contributed by atoms with van der Waals surface area (Å²) in [7, 11) is 1.73. The Morgan fingerprint density at radius 3 is 2.67 bits per heavy atom. The fraction of sp³-hybridized carbons (Fsp3) is 0.929. The summed E-state index contributed by atoms with van der Waals surface area (Å²) in [6.07, 6.45) is 9.05. The minimum Gasteiger partial charge on any atom is -0.385 e. The lowest BCUT2D eigenvalue weighted by molar-refractivity contribution is 0.195. The Morgan fingerprint density at radius 2 is 2.06 bits per heavy atom. The van der Waals surface area contributed by atoms with Gasteiger partial charge in [-0.25, -0.2) is 0 Å². The zero-order chi connectivity index (χ0) is 13.2. The Labute approximate surface area is 117 Å². The van der Waals surface area contributed by atoms with Crippen LogP contribution in [0.15, 0.2) is 0 Å². The molecule has 3 nitrogen and oxygen atoms in total. The number of ether oxygens (including phenoxy) is 1. The lowest BCUT2D eigenvalue weighted by atomic mass is 9.83. The van der Waals surface area contributed by atoms with Crippen LogP contribution in [-0.2, 0) is 4.74 Å². The monoisotopic (exact) mass is 272 g/mol. The maximum absolute atomic E-state index is 5.35. The summed E-state index contributed by atoms with van der Waals surface area (Å²) in [5.41, 5.74) is 0. The van der Waals surface area contributed by atoms with Gasteiger partial charge in [-0.1, -0.05) is 26.2 Å². The molecule has 0 spiro atoms. The molecule has 0 radical (unpaired) electrons. The van der Waals surface area contributed by atoms with E-state index in [0.29, 0.717) is 6.04 Å². The number of thiocarbonyl (C=S) groups is 1. The molecule has 1 rings (SSSR count). The standard InChI is InChI=1S/C14H28N2OS/c1-3-13(12-8-5-4-6-9-12)16-14(18)15-10-7-11-17-2/h12-13H,3-11H2,1-2H3,(H2,15,16,18). The zero-order valence-corrected chi connectivity index (χ0v) is 12.7. The summed E-state index contributed by atoms with van der Waals surface area (Å²) in [5, 5.41) is 7.56. The molecule has 0 amide bonds. The summed E-state index contributed by atoms with van der Waals surface area (Å²) in [6.45, 7) is 3.93. The molecule has 1 aliphatic rings. The maximum Gasteiger partial charge on any atom is 0.166 e. The first-order chi connectivity index (χ1) is 8.77. The molecule has 0 saturated heterocycles. The van der Waals surface area contributed by atoms with Crippen molar-refractivity contribution in [3.63, 3.8) is 0 Å². The maximum atomic E-state index is 5.35. The van der Waals surface area contributed by atoms with E-state index in [1.165, 1.54) is 32.1 Å². The Kier molecular flexibility index (Phi) is 8.34. The minimum atomic E-state index is 0.549. The molecule has 0 aromatic rings. The molecule has 1 saturated carbocycles. The number of hydrogen-bond acceptors (Lipinski definition) is 2. The second kappa shape index (κ2) is 9.56. The van der Waals surface area contributed by atoms with Crippen LogP contribution in [-0.4, -0.2) is 31.4 Å². The van der Waals surface area contributed by atoms with E-state index in [-0.39, 0.29) is 0 Å². The van der Waals surface area contributed by atoms with E-state index in [1.54, 1.807) is 7.11 Å². The van der Waals surface area contributed by atoms with Crippen LogP contribution in [0.3, 0.4) is 0 Å². The van der Waals surface area contributed by atoms with Gasteiger partial charge in [-0.3, -0.25) is 0 Å². The van der Waals surface area contributed by atoms with Gasteiger partial charge in [0.1, 0.15) is 0 Å². The average molecular weight is 272 g/mol. The third-order valence-corrected chi connectivity index (χ3v) is 4.05. The molecule has 2 N–H and O–H groups in total. The molecule has 18 heavy (non-hydrogen) atoms. The highest BCUT2D eigenvalue weighted by Gasteiger charge is 2.22. The Bertz CT molecular complexity index is 230. The normalized spacial score (nSPS) is 18.3. The van der Waals surface area contributed by atoms with Crippen LogP contribution in [0.25, 0.3) is 0 Å². The largest absolute Gasteiger partial charge is 0.385 e. The van der Waals surface area contributed by atoms with E-state index in [2.05, 4.69) is 17.6 Å². The average Bonchev–Trinajstić information content (AvgIpc) is 2.42. The fourth-order valence-corrected chi connectivity index (χ4v) is 2.98. The number of methoxy groups -OCH3 is 1. The predicted molar refractivity (Wildman–Crippen MR) is 80.9 cm³/mol. The van der Waals surface area contributed by atoms with Crippen molar-refractivity contribution in [3.8, 4) is 0 Å². The highest BCUT2D eigenvalue weighted by Crippen LogP contribution is 2.27. The van der Waals surface area contributed by atoms with Crippen LogP contribution in [0.2, 0.25) is 0 Å². The SMILES string of the molecule is CCC(NC(=S)NCCCOC)C1CCCCC1. The first-order valence-electron chi connectivity index (χ1n) is 7.31. The van der Waals surface area contributed by atoms with Gasteiger partial charge in [-0.05, 0) is 43.8 Å². The predicted octanol–water partition coefficient (Wildman–Crippen LogP) is 2.85. The van der Waals surface area contributed by atoms with E-state index in [9.17, 15) is 0 Å². The van der Waals surface area contributed by atoms with Gasteiger partial charge >= 0.3 is 0 Å². The topological polar surface area (TPSA) is 33.3 Å². The van der Waals surface area contributed by atoms with Gasteiger partial charge in [0.15, 0.2) is 5.11 Å². The molecule has 1 atom stereocenters. The zero-order valence-electron chi connectivity index (χ0n) is 11.8. The highest BCUT2D eigenvalue weighted by molar-refractivity contribution is 7.80. The van der Waals surface area contributed by atoms with Gasteiger partial charge in [0.05, 0.1) is 0 Å². The quantitative estimate of drug-likeness (QED) is 0.551. The van der Waals surface area contributed by atoms with E-state index in [4.69, 9.17) is 17.0 Å². The van der Waals surface area contributed by atoms with Crippen molar-refractivity contribution in [2.24, 2.45) is 5.92 Å². The lowest BCUT2D eigenvalue weighted by Crippen LogP contribution is -2.45. The number of hydrogen-bond donors (Lipinski definition) is 2. The van der Waals surface area contributed by atoms with Crippen LogP contribution in [0.1, 0.15) is 51.9 Å². The van der Waals surface area contributed by atoms with Crippen molar-refractivity contribution in [3.05, 3.63) is 0 Å². The van der Waals surface area contributed by atoms with Crippen molar-refractivity contribution in [1.29, 1.82) is 0 Å². The van der Waals surface area contributed by atoms with Crippen molar-refractivity contribution in [1.82, 2.24) is 10.6 Å². The second-order valence-corrected chi connectivity index (χ2v) is 5.57. The van der Waals surface area contributed by atoms with E-state index in [0.717, 1.165) is 37.0 Å². The molecular weight excluding hydrogens is 244 g/mol. The van der Waals surface area contributed by atoms with Crippen molar-refractivity contribution >= 4 is 17.3 Å². The summed E-state index contributed by atoms with van der Waals surface area (Å²) in [4.78, 5) is 0. The molecular formula is C14H28N2OS. The Morgan fingerprint density at radius 1 is 1.33 bits per heavy atom. The van der Waals surface area contributed by atoms with Gasteiger partial charge in [-0.15, -0.1) is 0 Å². The molecule has 4 heteroatoms. The molecule has 0 aromatic heterocycles. The van der Waals surface area contributed by atoms with Crippen LogP contribution < -0.4 is 10.6 Å². The van der Waals surface area contributed by atoms with Gasteiger partial charge in [0, 0.05) is 26.3 Å². The smallest absolute Gasteiger partial charge is 0.166 e. The van der Waals surface area contributed by atoms with Gasteiger partial charge in [0.25, 0.3) is 0 Å². The first kappa shape index (κ1) is 15.7. The Hall–Kier alpha value is -0.350. The summed E-state index contributed by atoms with van der Waals surface area (Å²) in [5.74, 6) is 0.808. The lowest BCUT2D eigenvalue weighted by Gasteiger charge is -2.31. The first-order valence-corrected chi connectivity index (χ1v) is 7.72. The van der Waals surface area contributed by atoms with Gasteiger partial charge in [-0.2, -0.15) is 0 Å². The molecule has 0 bridgehead atoms. The summed E-state index contributed by atoms with van der Waals surface area (Å²) in [6, 6.07) is 0.549. The third-order valence-electron chi connectivity index (χ3n) is 3.79.